The van der Waals surface area contributed by atoms with Crippen LogP contribution in [0, 0.1) is 0 Å². The standard InChI is InChI=1S/C14H21NO4/c1-5-18-13-8-11(6-7-12(13)17-4)15-14(16)9-19-10(2)3/h6-8,10H,5,9H2,1-4H3,(H,15,16). The molecule has 0 aliphatic heterocycles. The summed E-state index contributed by atoms with van der Waals surface area (Å²) in [5.41, 5.74) is 0.654. The van der Waals surface area contributed by atoms with Gasteiger partial charge in [0.1, 0.15) is 6.61 Å². The molecule has 0 aliphatic rings. The van der Waals surface area contributed by atoms with Crippen molar-refractivity contribution in [2.24, 2.45) is 0 Å². The second-order valence-corrected chi connectivity index (χ2v) is 4.21. The van der Waals surface area contributed by atoms with Gasteiger partial charge in [-0.3, -0.25) is 4.79 Å². The Kier molecular flexibility index (Phi) is 6.15. The Hall–Kier alpha value is -1.75. The van der Waals surface area contributed by atoms with Gasteiger partial charge in [-0.05, 0) is 32.9 Å². The van der Waals surface area contributed by atoms with Crippen LogP contribution in [0.3, 0.4) is 0 Å². The Morgan fingerprint density at radius 1 is 1.32 bits per heavy atom. The topological polar surface area (TPSA) is 56.8 Å². The number of carbonyl (C=O) groups is 1. The Labute approximate surface area is 113 Å². The predicted octanol–water partition coefficient (Wildman–Crippen LogP) is 2.46. The number of benzene rings is 1. The molecule has 1 aromatic rings. The molecule has 0 saturated heterocycles. The molecular weight excluding hydrogens is 246 g/mol. The lowest BCUT2D eigenvalue weighted by molar-refractivity contribution is -0.121. The summed E-state index contributed by atoms with van der Waals surface area (Å²) in [7, 11) is 1.58. The van der Waals surface area contributed by atoms with Gasteiger partial charge in [0.2, 0.25) is 5.91 Å². The first-order valence-electron chi connectivity index (χ1n) is 6.29. The highest BCUT2D eigenvalue weighted by molar-refractivity contribution is 5.92. The molecule has 0 aliphatic carbocycles. The van der Waals surface area contributed by atoms with E-state index in [2.05, 4.69) is 5.32 Å². The smallest absolute Gasteiger partial charge is 0.250 e. The van der Waals surface area contributed by atoms with Gasteiger partial charge in [0.25, 0.3) is 0 Å². The monoisotopic (exact) mass is 267 g/mol. The maximum Gasteiger partial charge on any atom is 0.250 e. The summed E-state index contributed by atoms with van der Waals surface area (Å²) in [5, 5.41) is 2.75. The van der Waals surface area contributed by atoms with Crippen LogP contribution in [0.5, 0.6) is 11.5 Å². The zero-order valence-corrected chi connectivity index (χ0v) is 11.9. The number of rotatable bonds is 7. The van der Waals surface area contributed by atoms with Gasteiger partial charge in [-0.1, -0.05) is 0 Å². The van der Waals surface area contributed by atoms with E-state index in [1.807, 2.05) is 20.8 Å². The quantitative estimate of drug-likeness (QED) is 0.824. The lowest BCUT2D eigenvalue weighted by Crippen LogP contribution is -2.20. The molecule has 1 rings (SSSR count). The van der Waals surface area contributed by atoms with Gasteiger partial charge in [0, 0.05) is 11.8 Å². The summed E-state index contributed by atoms with van der Waals surface area (Å²) in [6.45, 7) is 6.22. The third kappa shape index (κ3) is 5.18. The molecular formula is C14H21NO4. The number of methoxy groups -OCH3 is 1. The molecule has 5 nitrogen and oxygen atoms in total. The summed E-state index contributed by atoms with van der Waals surface area (Å²) >= 11 is 0. The van der Waals surface area contributed by atoms with Crippen LogP contribution in [0.4, 0.5) is 5.69 Å². The first kappa shape index (κ1) is 15.3. The highest BCUT2D eigenvalue weighted by Crippen LogP contribution is 2.30. The fourth-order valence-corrected chi connectivity index (χ4v) is 1.46. The van der Waals surface area contributed by atoms with E-state index in [1.165, 1.54) is 0 Å². The van der Waals surface area contributed by atoms with E-state index in [-0.39, 0.29) is 18.6 Å². The molecule has 0 radical (unpaired) electrons. The van der Waals surface area contributed by atoms with Crippen molar-refractivity contribution in [3.05, 3.63) is 18.2 Å². The van der Waals surface area contributed by atoms with Crippen molar-refractivity contribution in [2.45, 2.75) is 26.9 Å². The third-order valence-corrected chi connectivity index (χ3v) is 2.29. The molecule has 0 bridgehead atoms. The Bertz CT molecular complexity index is 418. The van der Waals surface area contributed by atoms with Crippen LogP contribution in [0.1, 0.15) is 20.8 Å². The number of nitrogens with one attached hydrogen (secondary N) is 1. The maximum atomic E-state index is 11.6. The van der Waals surface area contributed by atoms with Crippen LogP contribution in [-0.2, 0) is 9.53 Å². The van der Waals surface area contributed by atoms with Crippen LogP contribution in [0.15, 0.2) is 18.2 Å². The van der Waals surface area contributed by atoms with Crippen molar-refractivity contribution in [1.29, 1.82) is 0 Å². The third-order valence-electron chi connectivity index (χ3n) is 2.29. The molecule has 0 fully saturated rings. The van der Waals surface area contributed by atoms with Gasteiger partial charge in [-0.25, -0.2) is 0 Å². The SMILES string of the molecule is CCOc1cc(NC(=O)COC(C)C)ccc1OC. The average molecular weight is 267 g/mol. The average Bonchev–Trinajstić information content (AvgIpc) is 2.37. The van der Waals surface area contributed by atoms with Gasteiger partial charge in [0.15, 0.2) is 11.5 Å². The molecule has 1 amide bonds. The minimum atomic E-state index is -0.193. The normalized spacial score (nSPS) is 10.4. The molecule has 1 N–H and O–H groups in total. The van der Waals surface area contributed by atoms with Crippen LogP contribution in [0.25, 0.3) is 0 Å². The Morgan fingerprint density at radius 2 is 2.05 bits per heavy atom. The first-order chi connectivity index (χ1) is 9.06. The molecule has 0 unspecified atom stereocenters. The van der Waals surface area contributed by atoms with Crippen molar-refractivity contribution in [3.63, 3.8) is 0 Å². The van der Waals surface area contributed by atoms with Crippen molar-refractivity contribution in [3.8, 4) is 11.5 Å². The molecule has 0 heterocycles. The second-order valence-electron chi connectivity index (χ2n) is 4.21. The van der Waals surface area contributed by atoms with E-state index in [9.17, 15) is 4.79 Å². The number of hydrogen-bond acceptors (Lipinski definition) is 4. The summed E-state index contributed by atoms with van der Waals surface area (Å²) < 4.78 is 15.8. The van der Waals surface area contributed by atoms with E-state index in [1.54, 1.807) is 25.3 Å². The molecule has 0 atom stereocenters. The molecule has 5 heteroatoms. The van der Waals surface area contributed by atoms with E-state index in [0.29, 0.717) is 23.8 Å². The van der Waals surface area contributed by atoms with Crippen molar-refractivity contribution >= 4 is 11.6 Å². The van der Waals surface area contributed by atoms with Gasteiger partial charge >= 0.3 is 0 Å². The van der Waals surface area contributed by atoms with Gasteiger partial charge in [0.05, 0.1) is 19.8 Å². The van der Waals surface area contributed by atoms with E-state index >= 15 is 0 Å². The minimum absolute atomic E-state index is 0.0283. The minimum Gasteiger partial charge on any atom is -0.493 e. The van der Waals surface area contributed by atoms with Gasteiger partial charge < -0.3 is 19.5 Å². The van der Waals surface area contributed by atoms with Crippen LogP contribution < -0.4 is 14.8 Å². The zero-order valence-electron chi connectivity index (χ0n) is 11.9. The second kappa shape index (κ2) is 7.63. The zero-order chi connectivity index (χ0) is 14.3. The highest BCUT2D eigenvalue weighted by atomic mass is 16.5. The number of hydrogen-bond donors (Lipinski definition) is 1. The molecule has 0 spiro atoms. The fourth-order valence-electron chi connectivity index (χ4n) is 1.46. The molecule has 106 valence electrons. The lowest BCUT2D eigenvalue weighted by atomic mass is 10.2. The van der Waals surface area contributed by atoms with Crippen molar-refractivity contribution in [1.82, 2.24) is 0 Å². The molecule has 19 heavy (non-hydrogen) atoms. The van der Waals surface area contributed by atoms with E-state index in [0.717, 1.165) is 0 Å². The summed E-state index contributed by atoms with van der Waals surface area (Å²) in [5.74, 6) is 1.05. The first-order valence-corrected chi connectivity index (χ1v) is 6.29. The van der Waals surface area contributed by atoms with Gasteiger partial charge in [-0.2, -0.15) is 0 Å². The van der Waals surface area contributed by atoms with Crippen molar-refractivity contribution < 1.29 is 19.0 Å². The summed E-state index contributed by atoms with van der Waals surface area (Å²) in [6.07, 6.45) is 0.0283. The lowest BCUT2D eigenvalue weighted by Gasteiger charge is -2.12. The Balaban J connectivity index is 2.68. The van der Waals surface area contributed by atoms with Crippen LogP contribution in [0.2, 0.25) is 0 Å². The summed E-state index contributed by atoms with van der Waals surface area (Å²) in [6, 6.07) is 5.24. The van der Waals surface area contributed by atoms with E-state index in [4.69, 9.17) is 14.2 Å². The summed E-state index contributed by atoms with van der Waals surface area (Å²) in [4.78, 5) is 11.6. The van der Waals surface area contributed by atoms with Crippen LogP contribution >= 0.6 is 0 Å². The van der Waals surface area contributed by atoms with Crippen molar-refractivity contribution in [2.75, 3.05) is 25.6 Å². The number of carbonyl (C=O) groups excluding carboxylic acids is 1. The largest absolute Gasteiger partial charge is 0.493 e. The van der Waals surface area contributed by atoms with Crippen LogP contribution in [-0.4, -0.2) is 32.3 Å². The van der Waals surface area contributed by atoms with Gasteiger partial charge in [-0.15, -0.1) is 0 Å². The molecule has 0 saturated carbocycles. The highest BCUT2D eigenvalue weighted by Gasteiger charge is 2.08. The fraction of sp³-hybridized carbons (Fsp3) is 0.500. The predicted molar refractivity (Wildman–Crippen MR) is 73.9 cm³/mol. The maximum absolute atomic E-state index is 11.6. The molecule has 0 aromatic heterocycles. The van der Waals surface area contributed by atoms with E-state index < -0.39 is 0 Å². The number of ether oxygens (including phenoxy) is 3. The number of anilines is 1. The Morgan fingerprint density at radius 3 is 2.63 bits per heavy atom. The molecule has 1 aromatic carbocycles. The number of amides is 1.